The van der Waals surface area contributed by atoms with Gasteiger partial charge in [0.05, 0.1) is 6.04 Å². The van der Waals surface area contributed by atoms with Gasteiger partial charge in [0.25, 0.3) is 0 Å². The van der Waals surface area contributed by atoms with Gasteiger partial charge in [0, 0.05) is 27.7 Å². The molecule has 0 spiro atoms. The molecule has 27 heavy (non-hydrogen) atoms. The summed E-state index contributed by atoms with van der Waals surface area (Å²) in [7, 11) is 0. The Kier molecular flexibility index (Phi) is 4.07. The standard InChI is InChI=1S/C23H21ClN2O/c24-16-8-9-18-19(13-25-20(18)11-16)23(26-12-14-5-6-14)22-17-4-2-1-3-15(17)7-10-21(22)27/h1-4,7-11,13-14,23,25-27H,5-6,12H2. The SMILES string of the molecule is Oc1ccc2ccccc2c1C(NCC1CC1)c1c[nH]c2cc(Cl)ccc12. The van der Waals surface area contributed by atoms with Crippen LogP contribution < -0.4 is 5.32 Å². The third-order valence-electron chi connectivity index (χ3n) is 5.53. The van der Waals surface area contributed by atoms with Crippen LogP contribution in [0.2, 0.25) is 5.02 Å². The smallest absolute Gasteiger partial charge is 0.121 e. The fourth-order valence-electron chi connectivity index (χ4n) is 3.92. The Labute approximate surface area is 163 Å². The number of phenolic OH excluding ortho intramolecular Hbond substituents is 1. The molecule has 0 saturated heterocycles. The topological polar surface area (TPSA) is 48.0 Å². The van der Waals surface area contributed by atoms with Crippen LogP contribution in [0.3, 0.4) is 0 Å². The van der Waals surface area contributed by atoms with E-state index in [-0.39, 0.29) is 6.04 Å². The zero-order chi connectivity index (χ0) is 18.4. The molecule has 3 nitrogen and oxygen atoms in total. The first kappa shape index (κ1) is 16.7. The zero-order valence-electron chi connectivity index (χ0n) is 14.9. The maximum absolute atomic E-state index is 10.8. The summed E-state index contributed by atoms with van der Waals surface area (Å²) in [6.45, 7) is 0.952. The fraction of sp³-hybridized carbons (Fsp3) is 0.217. The van der Waals surface area contributed by atoms with Crippen molar-refractivity contribution in [1.29, 1.82) is 0 Å². The van der Waals surface area contributed by atoms with Crippen LogP contribution in [0.25, 0.3) is 21.7 Å². The van der Waals surface area contributed by atoms with E-state index in [1.54, 1.807) is 6.07 Å². The minimum atomic E-state index is -0.0911. The average Bonchev–Trinajstić information content (AvgIpc) is 3.42. The summed E-state index contributed by atoms with van der Waals surface area (Å²) in [5, 5.41) is 18.6. The number of aromatic amines is 1. The number of aromatic hydroxyl groups is 1. The van der Waals surface area contributed by atoms with Crippen molar-refractivity contribution in [3.05, 3.63) is 76.9 Å². The molecule has 0 amide bonds. The number of aromatic nitrogens is 1. The molecule has 5 rings (SSSR count). The molecule has 1 aliphatic rings. The number of phenols is 1. The second kappa shape index (κ2) is 6.59. The number of halogens is 1. The molecular formula is C23H21ClN2O. The highest BCUT2D eigenvalue weighted by molar-refractivity contribution is 6.31. The lowest BCUT2D eigenvalue weighted by Crippen LogP contribution is -2.24. The van der Waals surface area contributed by atoms with E-state index in [1.165, 1.54) is 12.8 Å². The molecule has 1 fully saturated rings. The number of rotatable bonds is 5. The number of H-pyrrole nitrogens is 1. The van der Waals surface area contributed by atoms with Gasteiger partial charge >= 0.3 is 0 Å². The molecule has 1 aliphatic carbocycles. The molecule has 1 atom stereocenters. The summed E-state index contributed by atoms with van der Waals surface area (Å²) in [6, 6.07) is 17.8. The highest BCUT2D eigenvalue weighted by Crippen LogP contribution is 2.39. The molecule has 4 aromatic rings. The number of benzene rings is 3. The molecule has 3 N–H and O–H groups in total. The first-order chi connectivity index (χ1) is 13.2. The van der Waals surface area contributed by atoms with Crippen molar-refractivity contribution in [2.24, 2.45) is 5.92 Å². The molecule has 4 heteroatoms. The van der Waals surface area contributed by atoms with Gasteiger partial charge in [0.2, 0.25) is 0 Å². The van der Waals surface area contributed by atoms with E-state index in [0.29, 0.717) is 10.8 Å². The molecule has 3 aromatic carbocycles. The van der Waals surface area contributed by atoms with Crippen molar-refractivity contribution in [3.63, 3.8) is 0 Å². The number of hydrogen-bond donors (Lipinski definition) is 3. The first-order valence-electron chi connectivity index (χ1n) is 9.41. The maximum Gasteiger partial charge on any atom is 0.121 e. The van der Waals surface area contributed by atoms with E-state index in [4.69, 9.17) is 11.6 Å². The van der Waals surface area contributed by atoms with Crippen LogP contribution in [0.1, 0.15) is 30.0 Å². The van der Waals surface area contributed by atoms with Crippen molar-refractivity contribution < 1.29 is 5.11 Å². The first-order valence-corrected chi connectivity index (χ1v) is 9.79. The normalized spacial score (nSPS) is 15.4. The fourth-order valence-corrected chi connectivity index (χ4v) is 4.09. The summed E-state index contributed by atoms with van der Waals surface area (Å²) in [4.78, 5) is 3.34. The summed E-state index contributed by atoms with van der Waals surface area (Å²) < 4.78 is 0. The summed E-state index contributed by atoms with van der Waals surface area (Å²) in [5.41, 5.74) is 3.08. The largest absolute Gasteiger partial charge is 0.508 e. The lowest BCUT2D eigenvalue weighted by molar-refractivity contribution is 0.457. The molecule has 136 valence electrons. The molecule has 1 saturated carbocycles. The van der Waals surface area contributed by atoms with Crippen LogP contribution in [0.15, 0.2) is 60.8 Å². The Hall–Kier alpha value is -2.49. The highest BCUT2D eigenvalue weighted by Gasteiger charge is 2.27. The molecule has 1 aromatic heterocycles. The number of fused-ring (bicyclic) bond motifs is 2. The van der Waals surface area contributed by atoms with Gasteiger partial charge in [0.15, 0.2) is 0 Å². The Morgan fingerprint density at radius 1 is 1.07 bits per heavy atom. The Balaban J connectivity index is 1.70. The molecule has 1 unspecified atom stereocenters. The van der Waals surface area contributed by atoms with Gasteiger partial charge in [-0.3, -0.25) is 0 Å². The van der Waals surface area contributed by atoms with Crippen molar-refractivity contribution >= 4 is 33.3 Å². The average molecular weight is 377 g/mol. The molecule has 0 radical (unpaired) electrons. The summed E-state index contributed by atoms with van der Waals surface area (Å²) in [5.74, 6) is 1.06. The lowest BCUT2D eigenvalue weighted by Gasteiger charge is -2.22. The van der Waals surface area contributed by atoms with Crippen molar-refractivity contribution in [1.82, 2.24) is 10.3 Å². The van der Waals surface area contributed by atoms with Gasteiger partial charge in [0.1, 0.15) is 5.75 Å². The minimum absolute atomic E-state index is 0.0911. The van der Waals surface area contributed by atoms with Gasteiger partial charge in [-0.05, 0) is 59.8 Å². The van der Waals surface area contributed by atoms with Crippen LogP contribution in [0, 0.1) is 5.92 Å². The quantitative estimate of drug-likeness (QED) is 0.414. The van der Waals surface area contributed by atoms with Gasteiger partial charge in [-0.1, -0.05) is 48.0 Å². The van der Waals surface area contributed by atoms with E-state index in [1.807, 2.05) is 36.5 Å². The molecule has 0 bridgehead atoms. The Morgan fingerprint density at radius 3 is 2.78 bits per heavy atom. The zero-order valence-corrected chi connectivity index (χ0v) is 15.6. The van der Waals surface area contributed by atoms with Gasteiger partial charge in [-0.25, -0.2) is 0 Å². The predicted octanol–water partition coefficient (Wildman–Crippen LogP) is 5.77. The lowest BCUT2D eigenvalue weighted by atomic mass is 9.92. The van der Waals surface area contributed by atoms with Crippen molar-refractivity contribution in [3.8, 4) is 5.75 Å². The number of nitrogens with one attached hydrogen (secondary N) is 2. The maximum atomic E-state index is 10.8. The van der Waals surface area contributed by atoms with Gasteiger partial charge in [-0.2, -0.15) is 0 Å². The van der Waals surface area contributed by atoms with Crippen LogP contribution in [-0.4, -0.2) is 16.6 Å². The van der Waals surface area contributed by atoms with Crippen LogP contribution in [0.4, 0.5) is 0 Å². The summed E-state index contributed by atoms with van der Waals surface area (Å²) in [6.07, 6.45) is 4.60. The van der Waals surface area contributed by atoms with Crippen LogP contribution in [0.5, 0.6) is 5.75 Å². The van der Waals surface area contributed by atoms with Crippen LogP contribution >= 0.6 is 11.6 Å². The van der Waals surface area contributed by atoms with Gasteiger partial charge in [-0.15, -0.1) is 0 Å². The van der Waals surface area contributed by atoms with E-state index in [0.717, 1.165) is 45.3 Å². The monoisotopic (exact) mass is 376 g/mol. The number of hydrogen-bond acceptors (Lipinski definition) is 2. The van der Waals surface area contributed by atoms with E-state index < -0.39 is 0 Å². The molecule has 1 heterocycles. The van der Waals surface area contributed by atoms with Gasteiger partial charge < -0.3 is 15.4 Å². The predicted molar refractivity (Wildman–Crippen MR) is 111 cm³/mol. The van der Waals surface area contributed by atoms with E-state index in [9.17, 15) is 5.11 Å². The second-order valence-electron chi connectivity index (χ2n) is 7.44. The van der Waals surface area contributed by atoms with Crippen molar-refractivity contribution in [2.45, 2.75) is 18.9 Å². The molecule has 0 aliphatic heterocycles. The second-order valence-corrected chi connectivity index (χ2v) is 7.87. The van der Waals surface area contributed by atoms with Crippen LogP contribution in [-0.2, 0) is 0 Å². The highest BCUT2D eigenvalue weighted by atomic mass is 35.5. The van der Waals surface area contributed by atoms with E-state index >= 15 is 0 Å². The molecular weight excluding hydrogens is 356 g/mol. The Morgan fingerprint density at radius 2 is 1.93 bits per heavy atom. The third-order valence-corrected chi connectivity index (χ3v) is 5.77. The Bertz CT molecular complexity index is 1130. The minimum Gasteiger partial charge on any atom is -0.508 e. The van der Waals surface area contributed by atoms with E-state index in [2.05, 4.69) is 28.5 Å². The van der Waals surface area contributed by atoms with Crippen molar-refractivity contribution in [2.75, 3.05) is 6.54 Å². The summed E-state index contributed by atoms with van der Waals surface area (Å²) >= 11 is 6.16. The third kappa shape index (κ3) is 3.07.